The molecular formula is C14H10BrClFNOS. The number of ether oxygens (including phenoxy) is 1. The summed E-state index contributed by atoms with van der Waals surface area (Å²) in [6, 6.07) is 9.63. The Kier molecular flexibility index (Phi) is 4.96. The highest BCUT2D eigenvalue weighted by molar-refractivity contribution is 9.10. The summed E-state index contributed by atoms with van der Waals surface area (Å²) in [7, 11) is 0. The lowest BCUT2D eigenvalue weighted by atomic mass is 10.1. The Morgan fingerprint density at radius 1 is 1.30 bits per heavy atom. The van der Waals surface area contributed by atoms with E-state index in [1.54, 1.807) is 18.2 Å². The van der Waals surface area contributed by atoms with Crippen molar-refractivity contribution >= 4 is 44.7 Å². The van der Waals surface area contributed by atoms with E-state index in [-0.39, 0.29) is 11.6 Å². The second-order valence-electron chi connectivity index (χ2n) is 4.08. The van der Waals surface area contributed by atoms with E-state index in [4.69, 9.17) is 34.3 Å². The van der Waals surface area contributed by atoms with Gasteiger partial charge in [0.2, 0.25) is 0 Å². The van der Waals surface area contributed by atoms with Crippen LogP contribution in [0.4, 0.5) is 4.39 Å². The Hall–Kier alpha value is -1.17. The third kappa shape index (κ3) is 3.91. The molecule has 0 bridgehead atoms. The van der Waals surface area contributed by atoms with Gasteiger partial charge in [-0.1, -0.05) is 39.7 Å². The van der Waals surface area contributed by atoms with Crippen LogP contribution in [-0.2, 0) is 6.61 Å². The molecule has 104 valence electrons. The van der Waals surface area contributed by atoms with Gasteiger partial charge < -0.3 is 10.5 Å². The molecule has 0 amide bonds. The van der Waals surface area contributed by atoms with Crippen molar-refractivity contribution in [3.05, 3.63) is 62.8 Å². The minimum atomic E-state index is -0.407. The summed E-state index contributed by atoms with van der Waals surface area (Å²) in [5, 5.41) is 0.477. The van der Waals surface area contributed by atoms with Crippen LogP contribution in [0.2, 0.25) is 5.02 Å². The van der Waals surface area contributed by atoms with Crippen LogP contribution in [0.25, 0.3) is 0 Å². The van der Waals surface area contributed by atoms with Crippen molar-refractivity contribution in [3.8, 4) is 5.75 Å². The first-order valence-corrected chi connectivity index (χ1v) is 7.21. The van der Waals surface area contributed by atoms with E-state index in [2.05, 4.69) is 15.9 Å². The third-order valence-corrected chi connectivity index (χ3v) is 3.55. The maximum Gasteiger partial charge on any atom is 0.138 e. The molecule has 0 heterocycles. The quantitative estimate of drug-likeness (QED) is 0.803. The molecule has 2 nitrogen and oxygen atoms in total. The number of halogens is 3. The van der Waals surface area contributed by atoms with Gasteiger partial charge in [0.1, 0.15) is 23.2 Å². The average molecular weight is 375 g/mol. The van der Waals surface area contributed by atoms with Crippen molar-refractivity contribution in [3.63, 3.8) is 0 Å². The van der Waals surface area contributed by atoms with Gasteiger partial charge in [-0.15, -0.1) is 0 Å². The second-order valence-corrected chi connectivity index (χ2v) is 5.84. The monoisotopic (exact) mass is 373 g/mol. The lowest BCUT2D eigenvalue weighted by molar-refractivity contribution is 0.305. The molecule has 0 unspecified atom stereocenters. The maximum atomic E-state index is 13.4. The van der Waals surface area contributed by atoms with Gasteiger partial charge in [0.05, 0.1) is 5.02 Å². The molecule has 2 aromatic carbocycles. The molecule has 0 aliphatic heterocycles. The first-order valence-electron chi connectivity index (χ1n) is 5.63. The van der Waals surface area contributed by atoms with Crippen LogP contribution in [0.5, 0.6) is 5.75 Å². The van der Waals surface area contributed by atoms with E-state index in [1.165, 1.54) is 12.1 Å². The minimum absolute atomic E-state index is 0.146. The number of benzene rings is 2. The van der Waals surface area contributed by atoms with Crippen molar-refractivity contribution in [1.82, 2.24) is 0 Å². The predicted octanol–water partition coefficient (Wildman–Crippen LogP) is 4.45. The molecule has 0 aliphatic carbocycles. The molecule has 2 N–H and O–H groups in total. The molecule has 0 aromatic heterocycles. The first kappa shape index (κ1) is 15.2. The number of hydrogen-bond donors (Lipinski definition) is 1. The van der Waals surface area contributed by atoms with Crippen molar-refractivity contribution in [2.24, 2.45) is 5.73 Å². The highest BCUT2D eigenvalue weighted by atomic mass is 79.9. The third-order valence-electron chi connectivity index (χ3n) is 2.53. The lowest BCUT2D eigenvalue weighted by Crippen LogP contribution is -2.10. The van der Waals surface area contributed by atoms with E-state index in [1.807, 2.05) is 6.07 Å². The molecule has 0 spiro atoms. The Morgan fingerprint density at radius 3 is 2.70 bits per heavy atom. The van der Waals surface area contributed by atoms with E-state index in [0.29, 0.717) is 21.9 Å². The Bertz CT molecular complexity index is 666. The van der Waals surface area contributed by atoms with Crippen molar-refractivity contribution in [1.29, 1.82) is 0 Å². The molecule has 0 saturated heterocycles. The van der Waals surface area contributed by atoms with Crippen molar-refractivity contribution in [2.45, 2.75) is 6.61 Å². The van der Waals surface area contributed by atoms with Crippen LogP contribution in [0.3, 0.4) is 0 Å². The van der Waals surface area contributed by atoms with Crippen LogP contribution >= 0.6 is 39.7 Å². The van der Waals surface area contributed by atoms with Gasteiger partial charge >= 0.3 is 0 Å². The van der Waals surface area contributed by atoms with Gasteiger partial charge in [0, 0.05) is 10.0 Å². The Labute approximate surface area is 134 Å². The van der Waals surface area contributed by atoms with E-state index in [9.17, 15) is 4.39 Å². The topological polar surface area (TPSA) is 35.2 Å². The molecule has 0 atom stereocenters. The SMILES string of the molecule is NC(=S)c1cc(F)cc(COc2ccc(Br)cc2Cl)c1. The largest absolute Gasteiger partial charge is 0.487 e. The zero-order valence-electron chi connectivity index (χ0n) is 10.2. The number of nitrogens with two attached hydrogens (primary N) is 1. The summed E-state index contributed by atoms with van der Waals surface area (Å²) >= 11 is 14.2. The minimum Gasteiger partial charge on any atom is -0.487 e. The molecule has 0 saturated carbocycles. The maximum absolute atomic E-state index is 13.4. The summed E-state index contributed by atoms with van der Waals surface area (Å²) in [5.41, 5.74) is 6.60. The molecule has 2 aromatic rings. The second kappa shape index (κ2) is 6.52. The highest BCUT2D eigenvalue weighted by Gasteiger charge is 2.06. The van der Waals surface area contributed by atoms with Gasteiger partial charge in [-0.05, 0) is 42.0 Å². The number of rotatable bonds is 4. The fourth-order valence-electron chi connectivity index (χ4n) is 1.63. The lowest BCUT2D eigenvalue weighted by Gasteiger charge is -2.09. The highest BCUT2D eigenvalue weighted by Crippen LogP contribution is 2.28. The normalized spacial score (nSPS) is 10.3. The number of hydrogen-bond acceptors (Lipinski definition) is 2. The van der Waals surface area contributed by atoms with Crippen LogP contribution in [0.15, 0.2) is 40.9 Å². The van der Waals surface area contributed by atoms with Crippen LogP contribution in [0.1, 0.15) is 11.1 Å². The summed E-state index contributed by atoms with van der Waals surface area (Å²) in [4.78, 5) is 0.146. The molecule has 20 heavy (non-hydrogen) atoms. The smallest absolute Gasteiger partial charge is 0.138 e. The Balaban J connectivity index is 2.16. The summed E-state index contributed by atoms with van der Waals surface area (Å²) in [5.74, 6) is 0.117. The zero-order chi connectivity index (χ0) is 14.7. The van der Waals surface area contributed by atoms with Crippen molar-refractivity contribution < 1.29 is 9.13 Å². The van der Waals surface area contributed by atoms with Crippen LogP contribution in [-0.4, -0.2) is 4.99 Å². The first-order chi connectivity index (χ1) is 9.45. The van der Waals surface area contributed by atoms with Gasteiger partial charge in [0.25, 0.3) is 0 Å². The zero-order valence-corrected chi connectivity index (χ0v) is 13.4. The van der Waals surface area contributed by atoms with Crippen LogP contribution in [0, 0.1) is 5.82 Å². The van der Waals surface area contributed by atoms with E-state index >= 15 is 0 Å². The molecule has 0 aliphatic rings. The summed E-state index contributed by atoms with van der Waals surface area (Å²) < 4.78 is 19.9. The Morgan fingerprint density at radius 2 is 2.05 bits per heavy atom. The standard InChI is InChI=1S/C14H10BrClFNOS/c15-10-1-2-13(12(16)6-10)19-7-8-3-9(14(18)20)5-11(17)4-8/h1-6H,7H2,(H2,18,20). The molecule has 0 radical (unpaired) electrons. The molecule has 6 heteroatoms. The molecule has 2 rings (SSSR count). The van der Waals surface area contributed by atoms with Gasteiger partial charge in [-0.2, -0.15) is 0 Å². The average Bonchev–Trinajstić information content (AvgIpc) is 2.37. The fraction of sp³-hybridized carbons (Fsp3) is 0.0714. The van der Waals surface area contributed by atoms with Crippen molar-refractivity contribution in [2.75, 3.05) is 0 Å². The van der Waals surface area contributed by atoms with Gasteiger partial charge in [0.15, 0.2) is 0 Å². The molecular weight excluding hydrogens is 365 g/mol. The summed E-state index contributed by atoms with van der Waals surface area (Å²) in [6.07, 6.45) is 0. The van der Waals surface area contributed by atoms with Gasteiger partial charge in [-0.3, -0.25) is 0 Å². The van der Waals surface area contributed by atoms with E-state index < -0.39 is 5.82 Å². The van der Waals surface area contributed by atoms with E-state index in [0.717, 1.165) is 4.47 Å². The molecule has 0 fully saturated rings. The summed E-state index contributed by atoms with van der Waals surface area (Å²) in [6.45, 7) is 0.175. The fourth-order valence-corrected chi connectivity index (χ4v) is 2.48. The predicted molar refractivity (Wildman–Crippen MR) is 85.8 cm³/mol. The van der Waals surface area contributed by atoms with Crippen LogP contribution < -0.4 is 10.5 Å². The van der Waals surface area contributed by atoms with Gasteiger partial charge in [-0.25, -0.2) is 4.39 Å². The number of thiocarbonyl (C=S) groups is 1.